The number of hydrogen-bond donors (Lipinski definition) is 1. The third kappa shape index (κ3) is 7.95. The second-order valence-electron chi connectivity index (χ2n) is 1.85. The quantitative estimate of drug-likeness (QED) is 0.349. The van der Waals surface area contributed by atoms with Crippen LogP contribution in [0.15, 0.2) is 12.2 Å². The van der Waals surface area contributed by atoms with Crippen molar-refractivity contribution < 1.29 is 14.6 Å². The van der Waals surface area contributed by atoms with Gasteiger partial charge in [-0.1, -0.05) is 12.0 Å². The van der Waals surface area contributed by atoms with Crippen molar-refractivity contribution >= 4 is 5.97 Å². The molecular weight excluding hydrogens is 180 g/mol. The summed E-state index contributed by atoms with van der Waals surface area (Å²) < 4.78 is 4.25. The summed E-state index contributed by atoms with van der Waals surface area (Å²) in [5.74, 6) is 13.5. The third-order valence-electron chi connectivity index (χ3n) is 0.916. The maximum Gasteiger partial charge on any atom is 0.385 e. The number of aliphatic hydroxyl groups excluding tert-OH is 1. The van der Waals surface area contributed by atoms with Gasteiger partial charge in [0.05, 0.1) is 13.7 Å². The molecule has 1 N–H and O–H groups in total. The number of carbonyl (C=O) groups excluding carboxylic acids is 1. The first-order valence-electron chi connectivity index (χ1n) is 3.66. The summed E-state index contributed by atoms with van der Waals surface area (Å²) in [6, 6.07) is 0. The molecule has 0 fully saturated rings. The van der Waals surface area contributed by atoms with E-state index < -0.39 is 5.97 Å². The first-order valence-corrected chi connectivity index (χ1v) is 3.66. The van der Waals surface area contributed by atoms with Crippen molar-refractivity contribution in [2.75, 3.05) is 13.7 Å². The molecule has 0 saturated carbocycles. The van der Waals surface area contributed by atoms with Crippen LogP contribution in [-0.4, -0.2) is 24.8 Å². The summed E-state index contributed by atoms with van der Waals surface area (Å²) in [7, 11) is 1.24. The molecule has 0 spiro atoms. The van der Waals surface area contributed by atoms with E-state index in [-0.39, 0.29) is 6.61 Å². The molecule has 0 bridgehead atoms. The number of esters is 1. The van der Waals surface area contributed by atoms with Crippen molar-refractivity contribution in [2.24, 2.45) is 0 Å². The lowest BCUT2D eigenvalue weighted by atomic mass is 10.4. The van der Waals surface area contributed by atoms with E-state index in [0.29, 0.717) is 0 Å². The fraction of sp³-hybridized carbons (Fsp3) is 0.182. The first kappa shape index (κ1) is 11.8. The summed E-state index contributed by atoms with van der Waals surface area (Å²) in [5, 5.41) is 8.33. The number of carbonyl (C=O) groups is 1. The Morgan fingerprint density at radius 3 is 2.71 bits per heavy atom. The van der Waals surface area contributed by atoms with Gasteiger partial charge in [0, 0.05) is 5.92 Å². The minimum atomic E-state index is -0.632. The molecule has 0 aliphatic carbocycles. The second-order valence-corrected chi connectivity index (χ2v) is 1.85. The molecule has 0 rings (SSSR count). The summed E-state index contributed by atoms with van der Waals surface area (Å²) >= 11 is 0. The van der Waals surface area contributed by atoms with Crippen LogP contribution in [-0.2, 0) is 9.53 Å². The Morgan fingerprint density at radius 1 is 1.36 bits per heavy atom. The molecular formula is C11H8O3. The Labute approximate surface area is 82.8 Å². The number of aliphatic hydroxyl groups is 1. The van der Waals surface area contributed by atoms with Crippen molar-refractivity contribution in [1.29, 1.82) is 0 Å². The van der Waals surface area contributed by atoms with Gasteiger partial charge in [-0.15, -0.1) is 0 Å². The highest BCUT2D eigenvalue weighted by molar-refractivity contribution is 5.88. The van der Waals surface area contributed by atoms with Crippen LogP contribution in [0.25, 0.3) is 0 Å². The Balaban J connectivity index is 4.03. The number of rotatable bonds is 1. The van der Waals surface area contributed by atoms with Crippen LogP contribution in [0, 0.1) is 35.5 Å². The van der Waals surface area contributed by atoms with Crippen LogP contribution in [0.2, 0.25) is 0 Å². The van der Waals surface area contributed by atoms with Crippen LogP contribution in [0.1, 0.15) is 0 Å². The number of methoxy groups -OCH3 is 1. The molecule has 0 aromatic rings. The molecule has 3 nitrogen and oxygen atoms in total. The summed E-state index contributed by atoms with van der Waals surface area (Å²) in [6.07, 6.45) is 2.96. The largest absolute Gasteiger partial charge is 0.459 e. The smallest absolute Gasteiger partial charge is 0.385 e. The average molecular weight is 188 g/mol. The lowest BCUT2D eigenvalue weighted by molar-refractivity contribution is -0.133. The van der Waals surface area contributed by atoms with Crippen molar-refractivity contribution in [2.45, 2.75) is 0 Å². The molecule has 0 saturated heterocycles. The molecule has 0 amide bonds. The third-order valence-corrected chi connectivity index (χ3v) is 0.916. The molecule has 0 unspecified atom stereocenters. The Bertz CT molecular complexity index is 385. The van der Waals surface area contributed by atoms with E-state index in [1.54, 1.807) is 0 Å². The van der Waals surface area contributed by atoms with Gasteiger partial charge in [0.25, 0.3) is 0 Å². The highest BCUT2D eigenvalue weighted by atomic mass is 16.5. The van der Waals surface area contributed by atoms with Gasteiger partial charge >= 0.3 is 5.97 Å². The van der Waals surface area contributed by atoms with Crippen LogP contribution in [0.5, 0.6) is 0 Å². The maximum absolute atomic E-state index is 10.4. The molecule has 0 aromatic heterocycles. The van der Waals surface area contributed by atoms with E-state index in [0.717, 1.165) is 0 Å². The van der Waals surface area contributed by atoms with Crippen LogP contribution in [0.4, 0.5) is 0 Å². The molecule has 0 radical (unpaired) electrons. The molecule has 0 aromatic carbocycles. The van der Waals surface area contributed by atoms with Gasteiger partial charge in [-0.05, 0) is 29.8 Å². The van der Waals surface area contributed by atoms with E-state index in [1.807, 2.05) is 0 Å². The fourth-order valence-corrected chi connectivity index (χ4v) is 0.385. The molecule has 0 aliphatic rings. The molecule has 0 heterocycles. The lowest BCUT2D eigenvalue weighted by Gasteiger charge is -1.81. The molecule has 70 valence electrons. The summed E-state index contributed by atoms with van der Waals surface area (Å²) in [6.45, 7) is -0.0513. The molecule has 0 aliphatic heterocycles. The zero-order valence-corrected chi connectivity index (χ0v) is 7.63. The van der Waals surface area contributed by atoms with E-state index in [2.05, 4.69) is 40.3 Å². The Hall–Kier alpha value is -2.15. The second kappa shape index (κ2) is 8.94. The van der Waals surface area contributed by atoms with Crippen molar-refractivity contribution in [3.63, 3.8) is 0 Å². The number of ether oxygens (including phenoxy) is 1. The molecule has 14 heavy (non-hydrogen) atoms. The Morgan fingerprint density at radius 2 is 2.07 bits per heavy atom. The SMILES string of the molecule is COC(=O)C#CC#CC#C/C=C/CO. The highest BCUT2D eigenvalue weighted by Crippen LogP contribution is 1.67. The minimum absolute atomic E-state index is 0.0513. The standard InChI is InChI=1S/C11H8O3/c1-14-11(13)9-7-5-3-2-4-6-8-10-12/h6,8,12H,10H2,1H3/b8-6+. The number of allylic oxidation sites excluding steroid dienone is 1. The first-order chi connectivity index (χ1) is 6.81. The van der Waals surface area contributed by atoms with Gasteiger partial charge in [0.2, 0.25) is 0 Å². The predicted molar refractivity (Wildman–Crippen MR) is 51.6 cm³/mol. The zero-order chi connectivity index (χ0) is 10.6. The van der Waals surface area contributed by atoms with Crippen LogP contribution < -0.4 is 0 Å². The topological polar surface area (TPSA) is 46.5 Å². The van der Waals surface area contributed by atoms with E-state index in [4.69, 9.17) is 5.11 Å². The van der Waals surface area contributed by atoms with Crippen LogP contribution in [0.3, 0.4) is 0 Å². The minimum Gasteiger partial charge on any atom is -0.459 e. The monoisotopic (exact) mass is 188 g/mol. The summed E-state index contributed by atoms with van der Waals surface area (Å²) in [4.78, 5) is 10.4. The zero-order valence-electron chi connectivity index (χ0n) is 7.63. The van der Waals surface area contributed by atoms with Crippen molar-refractivity contribution in [3.8, 4) is 35.5 Å². The molecule has 0 atom stereocenters. The van der Waals surface area contributed by atoms with Gasteiger partial charge in [-0.2, -0.15) is 0 Å². The number of hydrogen-bond acceptors (Lipinski definition) is 3. The van der Waals surface area contributed by atoms with Crippen molar-refractivity contribution in [3.05, 3.63) is 12.2 Å². The van der Waals surface area contributed by atoms with Gasteiger partial charge in [-0.25, -0.2) is 4.79 Å². The van der Waals surface area contributed by atoms with E-state index in [1.165, 1.54) is 19.3 Å². The predicted octanol–water partition coefficient (Wildman–Crippen LogP) is -0.282. The fourth-order valence-electron chi connectivity index (χ4n) is 0.385. The van der Waals surface area contributed by atoms with E-state index >= 15 is 0 Å². The lowest BCUT2D eigenvalue weighted by Crippen LogP contribution is -1.93. The highest BCUT2D eigenvalue weighted by Gasteiger charge is 1.85. The van der Waals surface area contributed by atoms with Gasteiger partial charge in [-0.3, -0.25) is 0 Å². The molecule has 3 heteroatoms. The summed E-state index contributed by atoms with van der Waals surface area (Å²) in [5.41, 5.74) is 0. The van der Waals surface area contributed by atoms with E-state index in [9.17, 15) is 4.79 Å². The normalized spacial score (nSPS) is 7.29. The van der Waals surface area contributed by atoms with Gasteiger partial charge in [0.15, 0.2) is 0 Å². The van der Waals surface area contributed by atoms with Crippen LogP contribution >= 0.6 is 0 Å². The van der Waals surface area contributed by atoms with Gasteiger partial charge < -0.3 is 9.84 Å². The van der Waals surface area contributed by atoms with Gasteiger partial charge in [0.1, 0.15) is 0 Å². The van der Waals surface area contributed by atoms with Crippen molar-refractivity contribution in [1.82, 2.24) is 0 Å². The maximum atomic E-state index is 10.4. The average Bonchev–Trinajstić information content (AvgIpc) is 2.21. The Kier molecular flexibility index (Phi) is 7.57.